The van der Waals surface area contributed by atoms with Crippen molar-refractivity contribution in [1.29, 1.82) is 0 Å². The van der Waals surface area contributed by atoms with Gasteiger partial charge in [-0.05, 0) is 54.2 Å². The van der Waals surface area contributed by atoms with Gasteiger partial charge in [0, 0.05) is 10.6 Å². The van der Waals surface area contributed by atoms with Crippen molar-refractivity contribution in [3.63, 3.8) is 0 Å². The topological polar surface area (TPSA) is 64.9 Å². The molecule has 0 saturated heterocycles. The highest BCUT2D eigenvalue weighted by molar-refractivity contribution is 6.31. The van der Waals surface area contributed by atoms with Gasteiger partial charge in [-0.3, -0.25) is 0 Å². The molecule has 0 bridgehead atoms. The van der Waals surface area contributed by atoms with Crippen molar-refractivity contribution in [3.8, 4) is 11.1 Å². The first-order valence-corrected chi connectivity index (χ1v) is 6.35. The van der Waals surface area contributed by atoms with Gasteiger partial charge in [0.25, 0.3) is 0 Å². The first-order chi connectivity index (χ1) is 8.65. The molecule has 1 aliphatic carbocycles. The maximum Gasteiger partial charge on any atom is 0.133 e. The Balaban J connectivity index is 2.17. The minimum absolute atomic E-state index is 0.436. The maximum absolute atomic E-state index is 6.09. The fourth-order valence-corrected chi connectivity index (χ4v) is 2.40. The summed E-state index contributed by atoms with van der Waals surface area (Å²) in [6, 6.07) is 9.65. The number of hydrogen-bond donors (Lipinski definition) is 2. The Hall–Kier alpha value is -1.74. The number of halogens is 1. The Morgan fingerprint density at radius 3 is 2.50 bits per heavy atom. The summed E-state index contributed by atoms with van der Waals surface area (Å²) in [6.45, 7) is 0. The fraction of sp³-hybridized carbons (Fsp3) is 0.214. The second-order valence-corrected chi connectivity index (χ2v) is 5.11. The van der Waals surface area contributed by atoms with E-state index in [1.807, 2.05) is 18.2 Å². The summed E-state index contributed by atoms with van der Waals surface area (Å²) in [5.41, 5.74) is 14.9. The quantitative estimate of drug-likeness (QED) is 0.868. The molecule has 3 rings (SSSR count). The van der Waals surface area contributed by atoms with Crippen LogP contribution in [0, 0.1) is 0 Å². The van der Waals surface area contributed by atoms with Crippen LogP contribution in [-0.2, 0) is 0 Å². The van der Waals surface area contributed by atoms with Crippen molar-refractivity contribution in [1.82, 2.24) is 4.98 Å². The van der Waals surface area contributed by atoms with E-state index in [0.29, 0.717) is 22.6 Å². The van der Waals surface area contributed by atoms with Crippen molar-refractivity contribution in [2.24, 2.45) is 0 Å². The zero-order chi connectivity index (χ0) is 12.7. The van der Waals surface area contributed by atoms with E-state index in [9.17, 15) is 0 Å². The van der Waals surface area contributed by atoms with Crippen LogP contribution in [0.4, 0.5) is 11.6 Å². The van der Waals surface area contributed by atoms with E-state index in [1.165, 1.54) is 18.4 Å². The number of nitrogen functional groups attached to an aromatic ring is 2. The minimum atomic E-state index is 0.436. The molecule has 1 heterocycles. The molecule has 0 radical (unpaired) electrons. The van der Waals surface area contributed by atoms with E-state index >= 15 is 0 Å². The SMILES string of the molecule is Nc1ccc(-c2cc(Cl)ccc2C2CC2)c(N)n1. The molecule has 0 aliphatic heterocycles. The predicted molar refractivity (Wildman–Crippen MR) is 75.5 cm³/mol. The second-order valence-electron chi connectivity index (χ2n) is 4.67. The van der Waals surface area contributed by atoms with Gasteiger partial charge in [-0.1, -0.05) is 17.7 Å². The molecule has 92 valence electrons. The average Bonchev–Trinajstić information content (AvgIpc) is 3.13. The third-order valence-corrected chi connectivity index (χ3v) is 3.50. The van der Waals surface area contributed by atoms with Crippen molar-refractivity contribution >= 4 is 23.2 Å². The van der Waals surface area contributed by atoms with Crippen molar-refractivity contribution in [2.45, 2.75) is 18.8 Å². The molecule has 0 spiro atoms. The van der Waals surface area contributed by atoms with Crippen LogP contribution < -0.4 is 11.5 Å². The number of pyridine rings is 1. The Kier molecular flexibility index (Phi) is 2.63. The molecule has 18 heavy (non-hydrogen) atoms. The number of nitrogens with two attached hydrogens (primary N) is 2. The zero-order valence-electron chi connectivity index (χ0n) is 9.86. The Morgan fingerprint density at radius 1 is 1.06 bits per heavy atom. The number of nitrogens with zero attached hydrogens (tertiary/aromatic N) is 1. The first-order valence-electron chi connectivity index (χ1n) is 5.97. The molecular weight excluding hydrogens is 246 g/mol. The maximum atomic E-state index is 6.09. The molecule has 2 aromatic rings. The summed E-state index contributed by atoms with van der Waals surface area (Å²) in [5.74, 6) is 1.53. The van der Waals surface area contributed by atoms with Crippen molar-refractivity contribution in [3.05, 3.63) is 40.9 Å². The van der Waals surface area contributed by atoms with E-state index in [2.05, 4.69) is 11.1 Å². The molecule has 1 saturated carbocycles. The molecule has 0 amide bonds. The van der Waals surface area contributed by atoms with Crippen LogP contribution in [0.5, 0.6) is 0 Å². The van der Waals surface area contributed by atoms with E-state index in [0.717, 1.165) is 11.1 Å². The van der Waals surface area contributed by atoms with Gasteiger partial charge in [-0.25, -0.2) is 4.98 Å². The smallest absolute Gasteiger partial charge is 0.133 e. The van der Waals surface area contributed by atoms with Crippen LogP contribution in [-0.4, -0.2) is 4.98 Å². The number of benzene rings is 1. The summed E-state index contributed by atoms with van der Waals surface area (Å²) in [4.78, 5) is 4.11. The average molecular weight is 260 g/mol. The van der Waals surface area contributed by atoms with Gasteiger partial charge < -0.3 is 11.5 Å². The highest BCUT2D eigenvalue weighted by Gasteiger charge is 2.27. The number of aromatic nitrogens is 1. The van der Waals surface area contributed by atoms with Crippen LogP contribution in [0.15, 0.2) is 30.3 Å². The van der Waals surface area contributed by atoms with Gasteiger partial charge in [-0.15, -0.1) is 0 Å². The third-order valence-electron chi connectivity index (χ3n) is 3.27. The highest BCUT2D eigenvalue weighted by Crippen LogP contribution is 2.45. The molecule has 1 fully saturated rings. The summed E-state index contributed by atoms with van der Waals surface area (Å²) in [7, 11) is 0. The normalized spacial score (nSPS) is 14.7. The largest absolute Gasteiger partial charge is 0.384 e. The Bertz CT molecular complexity index is 606. The lowest BCUT2D eigenvalue weighted by atomic mass is 9.97. The predicted octanol–water partition coefficient (Wildman–Crippen LogP) is 3.44. The summed E-state index contributed by atoms with van der Waals surface area (Å²) >= 11 is 6.09. The van der Waals surface area contributed by atoms with Crippen molar-refractivity contribution < 1.29 is 0 Å². The molecule has 3 nitrogen and oxygen atoms in total. The van der Waals surface area contributed by atoms with Crippen LogP contribution in [0.25, 0.3) is 11.1 Å². The molecule has 0 atom stereocenters. The van der Waals surface area contributed by atoms with E-state index in [4.69, 9.17) is 23.1 Å². The van der Waals surface area contributed by atoms with Gasteiger partial charge in [0.05, 0.1) is 0 Å². The zero-order valence-corrected chi connectivity index (χ0v) is 10.6. The first kappa shape index (κ1) is 11.4. The van der Waals surface area contributed by atoms with Crippen LogP contribution in [0.1, 0.15) is 24.3 Å². The van der Waals surface area contributed by atoms with Crippen LogP contribution in [0.3, 0.4) is 0 Å². The lowest BCUT2D eigenvalue weighted by Crippen LogP contribution is -1.99. The lowest BCUT2D eigenvalue weighted by molar-refractivity contribution is 1.13. The number of hydrogen-bond acceptors (Lipinski definition) is 3. The minimum Gasteiger partial charge on any atom is -0.384 e. The molecule has 0 unspecified atom stereocenters. The van der Waals surface area contributed by atoms with Gasteiger partial charge in [0.1, 0.15) is 11.6 Å². The van der Waals surface area contributed by atoms with Gasteiger partial charge in [0.15, 0.2) is 0 Å². The molecule has 1 aromatic carbocycles. The number of anilines is 2. The van der Waals surface area contributed by atoms with E-state index < -0.39 is 0 Å². The van der Waals surface area contributed by atoms with Gasteiger partial charge in [0.2, 0.25) is 0 Å². The van der Waals surface area contributed by atoms with Gasteiger partial charge >= 0.3 is 0 Å². The standard InChI is InChI=1S/C14H14ClN3/c15-9-3-4-10(8-1-2-8)12(7-9)11-5-6-13(16)18-14(11)17/h3-8H,1-2H2,(H4,16,17,18). The van der Waals surface area contributed by atoms with Crippen LogP contribution >= 0.6 is 11.6 Å². The lowest BCUT2D eigenvalue weighted by Gasteiger charge is -2.11. The molecule has 4 N–H and O–H groups in total. The van der Waals surface area contributed by atoms with E-state index in [-0.39, 0.29) is 0 Å². The summed E-state index contributed by atoms with van der Waals surface area (Å²) in [5, 5.41) is 0.714. The monoisotopic (exact) mass is 259 g/mol. The Labute approximate surface area is 111 Å². The summed E-state index contributed by atoms with van der Waals surface area (Å²) < 4.78 is 0. The fourth-order valence-electron chi connectivity index (χ4n) is 2.23. The molecule has 1 aliphatic rings. The van der Waals surface area contributed by atoms with E-state index in [1.54, 1.807) is 6.07 Å². The highest BCUT2D eigenvalue weighted by atomic mass is 35.5. The molecule has 4 heteroatoms. The summed E-state index contributed by atoms with van der Waals surface area (Å²) in [6.07, 6.45) is 2.47. The second kappa shape index (κ2) is 4.18. The van der Waals surface area contributed by atoms with Crippen LogP contribution in [0.2, 0.25) is 5.02 Å². The third kappa shape index (κ3) is 2.02. The number of rotatable bonds is 2. The van der Waals surface area contributed by atoms with Gasteiger partial charge in [-0.2, -0.15) is 0 Å². The Morgan fingerprint density at radius 2 is 1.83 bits per heavy atom. The van der Waals surface area contributed by atoms with Crippen molar-refractivity contribution in [2.75, 3.05) is 11.5 Å². The molecular formula is C14H14ClN3. The molecule has 1 aromatic heterocycles.